The highest BCUT2D eigenvalue weighted by Gasteiger charge is 2.34. The SMILES string of the molecule is CCC1(CNC(=NC)NCc2cccc(C)n2)CCC1. The topological polar surface area (TPSA) is 49.3 Å². The highest BCUT2D eigenvalue weighted by atomic mass is 15.2. The number of aryl methyl sites for hydroxylation is 1. The number of aliphatic imine (C=N–C) groups is 1. The molecule has 1 fully saturated rings. The molecule has 1 aliphatic rings. The number of pyridine rings is 1. The first kappa shape index (κ1) is 14.8. The van der Waals surface area contributed by atoms with E-state index < -0.39 is 0 Å². The highest BCUT2D eigenvalue weighted by molar-refractivity contribution is 5.79. The molecule has 1 aromatic heterocycles. The van der Waals surface area contributed by atoms with Gasteiger partial charge in [0.2, 0.25) is 0 Å². The van der Waals surface area contributed by atoms with Crippen molar-refractivity contribution in [3.05, 3.63) is 29.6 Å². The molecule has 0 aliphatic heterocycles. The van der Waals surface area contributed by atoms with Crippen molar-refractivity contribution in [3.63, 3.8) is 0 Å². The second kappa shape index (κ2) is 6.73. The molecular weight excluding hydrogens is 248 g/mol. The van der Waals surface area contributed by atoms with Gasteiger partial charge in [0.05, 0.1) is 12.2 Å². The Morgan fingerprint density at radius 1 is 1.35 bits per heavy atom. The third-order valence-electron chi connectivity index (χ3n) is 4.40. The highest BCUT2D eigenvalue weighted by Crippen LogP contribution is 2.42. The van der Waals surface area contributed by atoms with E-state index in [1.165, 1.54) is 25.7 Å². The van der Waals surface area contributed by atoms with Crippen molar-refractivity contribution in [1.82, 2.24) is 15.6 Å². The van der Waals surface area contributed by atoms with E-state index in [9.17, 15) is 0 Å². The number of hydrogen-bond donors (Lipinski definition) is 2. The van der Waals surface area contributed by atoms with E-state index in [-0.39, 0.29) is 0 Å². The predicted octanol–water partition coefficient (Wildman–Crippen LogP) is 2.64. The summed E-state index contributed by atoms with van der Waals surface area (Å²) in [5, 5.41) is 6.79. The maximum atomic E-state index is 4.49. The molecule has 0 spiro atoms. The Bertz CT molecular complexity index is 458. The van der Waals surface area contributed by atoms with Gasteiger partial charge in [-0.1, -0.05) is 19.4 Å². The normalized spacial score (nSPS) is 17.4. The van der Waals surface area contributed by atoms with Gasteiger partial charge in [-0.25, -0.2) is 0 Å². The van der Waals surface area contributed by atoms with Gasteiger partial charge in [-0.15, -0.1) is 0 Å². The monoisotopic (exact) mass is 274 g/mol. The van der Waals surface area contributed by atoms with E-state index in [1.807, 2.05) is 32.2 Å². The van der Waals surface area contributed by atoms with Crippen molar-refractivity contribution >= 4 is 5.96 Å². The molecule has 1 aliphatic carbocycles. The second-order valence-corrected chi connectivity index (χ2v) is 5.76. The molecule has 4 nitrogen and oxygen atoms in total. The van der Waals surface area contributed by atoms with Crippen molar-refractivity contribution in [2.45, 2.75) is 46.1 Å². The Morgan fingerprint density at radius 3 is 2.70 bits per heavy atom. The summed E-state index contributed by atoms with van der Waals surface area (Å²) in [4.78, 5) is 8.77. The van der Waals surface area contributed by atoms with Crippen LogP contribution in [0.1, 0.15) is 44.0 Å². The maximum absolute atomic E-state index is 4.49. The Morgan fingerprint density at radius 2 is 2.15 bits per heavy atom. The van der Waals surface area contributed by atoms with Gasteiger partial charge in [0, 0.05) is 19.3 Å². The van der Waals surface area contributed by atoms with Gasteiger partial charge in [-0.05, 0) is 43.7 Å². The van der Waals surface area contributed by atoms with Gasteiger partial charge in [0.15, 0.2) is 5.96 Å². The molecule has 0 radical (unpaired) electrons. The molecule has 2 rings (SSSR count). The van der Waals surface area contributed by atoms with Crippen LogP contribution in [0.5, 0.6) is 0 Å². The molecule has 0 amide bonds. The van der Waals surface area contributed by atoms with Crippen molar-refractivity contribution in [2.75, 3.05) is 13.6 Å². The fraction of sp³-hybridized carbons (Fsp3) is 0.625. The van der Waals surface area contributed by atoms with Crippen LogP contribution in [0.25, 0.3) is 0 Å². The molecule has 110 valence electrons. The molecule has 0 unspecified atom stereocenters. The van der Waals surface area contributed by atoms with E-state index in [0.717, 1.165) is 23.9 Å². The summed E-state index contributed by atoms with van der Waals surface area (Å²) in [6, 6.07) is 6.08. The molecule has 0 aromatic carbocycles. The Hall–Kier alpha value is -1.58. The van der Waals surface area contributed by atoms with Crippen LogP contribution in [-0.4, -0.2) is 24.5 Å². The van der Waals surface area contributed by atoms with Crippen LogP contribution in [0.15, 0.2) is 23.2 Å². The molecule has 1 saturated carbocycles. The van der Waals surface area contributed by atoms with E-state index in [4.69, 9.17) is 0 Å². The Labute approximate surface area is 122 Å². The quantitative estimate of drug-likeness (QED) is 0.641. The number of guanidine groups is 1. The van der Waals surface area contributed by atoms with Crippen LogP contribution in [0.4, 0.5) is 0 Å². The number of nitrogens with one attached hydrogen (secondary N) is 2. The molecule has 1 aromatic rings. The molecule has 0 bridgehead atoms. The average Bonchev–Trinajstić information content (AvgIpc) is 2.41. The van der Waals surface area contributed by atoms with Crippen LogP contribution in [-0.2, 0) is 6.54 Å². The van der Waals surface area contributed by atoms with E-state index in [0.29, 0.717) is 12.0 Å². The minimum absolute atomic E-state index is 0.499. The third kappa shape index (κ3) is 3.71. The Kier molecular flexibility index (Phi) is 4.99. The fourth-order valence-corrected chi connectivity index (χ4v) is 2.70. The summed E-state index contributed by atoms with van der Waals surface area (Å²) in [7, 11) is 1.82. The summed E-state index contributed by atoms with van der Waals surface area (Å²) in [5.74, 6) is 0.869. The van der Waals surface area contributed by atoms with Gasteiger partial charge in [0.25, 0.3) is 0 Å². The smallest absolute Gasteiger partial charge is 0.191 e. The number of aromatic nitrogens is 1. The lowest BCUT2D eigenvalue weighted by atomic mass is 9.67. The maximum Gasteiger partial charge on any atom is 0.191 e. The number of nitrogens with zero attached hydrogens (tertiary/aromatic N) is 2. The molecule has 1 heterocycles. The van der Waals surface area contributed by atoms with E-state index in [2.05, 4.69) is 27.5 Å². The van der Waals surface area contributed by atoms with E-state index in [1.54, 1.807) is 0 Å². The number of hydrogen-bond acceptors (Lipinski definition) is 2. The molecule has 0 atom stereocenters. The zero-order chi connectivity index (χ0) is 14.4. The molecule has 4 heteroatoms. The summed E-state index contributed by atoms with van der Waals surface area (Å²) in [6.45, 7) is 6.02. The molecule has 0 saturated heterocycles. The lowest BCUT2D eigenvalue weighted by Crippen LogP contribution is -2.46. The van der Waals surface area contributed by atoms with Crippen molar-refractivity contribution in [1.29, 1.82) is 0 Å². The fourth-order valence-electron chi connectivity index (χ4n) is 2.70. The summed E-state index contributed by atoms with van der Waals surface area (Å²) in [6.07, 6.45) is 5.30. The first-order valence-electron chi connectivity index (χ1n) is 7.54. The van der Waals surface area contributed by atoms with Crippen LogP contribution in [0.2, 0.25) is 0 Å². The first-order valence-corrected chi connectivity index (χ1v) is 7.54. The van der Waals surface area contributed by atoms with Crippen LogP contribution >= 0.6 is 0 Å². The number of rotatable bonds is 5. The van der Waals surface area contributed by atoms with Gasteiger partial charge in [0.1, 0.15) is 0 Å². The largest absolute Gasteiger partial charge is 0.356 e. The molecule has 2 N–H and O–H groups in total. The predicted molar refractivity (Wildman–Crippen MR) is 83.8 cm³/mol. The van der Waals surface area contributed by atoms with Crippen LogP contribution in [0.3, 0.4) is 0 Å². The zero-order valence-electron chi connectivity index (χ0n) is 12.9. The second-order valence-electron chi connectivity index (χ2n) is 5.76. The van der Waals surface area contributed by atoms with Gasteiger partial charge in [-0.3, -0.25) is 9.98 Å². The van der Waals surface area contributed by atoms with E-state index >= 15 is 0 Å². The van der Waals surface area contributed by atoms with Gasteiger partial charge < -0.3 is 10.6 Å². The van der Waals surface area contributed by atoms with Crippen molar-refractivity contribution < 1.29 is 0 Å². The lowest BCUT2D eigenvalue weighted by Gasteiger charge is -2.41. The summed E-state index contributed by atoms with van der Waals surface area (Å²) >= 11 is 0. The molecule has 20 heavy (non-hydrogen) atoms. The third-order valence-corrected chi connectivity index (χ3v) is 4.40. The summed E-state index contributed by atoms with van der Waals surface area (Å²) in [5.41, 5.74) is 2.59. The summed E-state index contributed by atoms with van der Waals surface area (Å²) < 4.78 is 0. The van der Waals surface area contributed by atoms with Crippen LogP contribution < -0.4 is 10.6 Å². The van der Waals surface area contributed by atoms with Crippen molar-refractivity contribution in [3.8, 4) is 0 Å². The Balaban J connectivity index is 1.81. The zero-order valence-corrected chi connectivity index (χ0v) is 12.9. The minimum Gasteiger partial charge on any atom is -0.356 e. The van der Waals surface area contributed by atoms with Crippen LogP contribution in [0, 0.1) is 12.3 Å². The lowest BCUT2D eigenvalue weighted by molar-refractivity contribution is 0.131. The minimum atomic E-state index is 0.499. The van der Waals surface area contributed by atoms with Crippen molar-refractivity contribution in [2.24, 2.45) is 10.4 Å². The average molecular weight is 274 g/mol. The standard InChI is InChI=1S/C16H26N4/c1-4-16(9-6-10-16)12-19-15(17-3)18-11-14-8-5-7-13(2)20-14/h5,7-8H,4,6,9-12H2,1-3H3,(H2,17,18,19). The van der Waals surface area contributed by atoms with Gasteiger partial charge >= 0.3 is 0 Å². The first-order chi connectivity index (χ1) is 9.67. The van der Waals surface area contributed by atoms with Gasteiger partial charge in [-0.2, -0.15) is 0 Å². The molecular formula is C16H26N4.